The van der Waals surface area contributed by atoms with E-state index in [1.165, 1.54) is 0 Å². The Morgan fingerprint density at radius 2 is 2.27 bits per heavy atom. The van der Waals surface area contributed by atoms with Gasteiger partial charge in [0, 0.05) is 6.42 Å². The van der Waals surface area contributed by atoms with Gasteiger partial charge in [0.25, 0.3) is 0 Å². The summed E-state index contributed by atoms with van der Waals surface area (Å²) in [6, 6.07) is -0.0215. The number of azo groups is 1. The second-order valence-electron chi connectivity index (χ2n) is 3.02. The van der Waals surface area contributed by atoms with E-state index in [-0.39, 0.29) is 17.9 Å². The second kappa shape index (κ2) is 3.60. The van der Waals surface area contributed by atoms with E-state index in [4.69, 9.17) is 0 Å². The van der Waals surface area contributed by atoms with Gasteiger partial charge < -0.3 is 0 Å². The Bertz CT molecular complexity index is 177. The van der Waals surface area contributed by atoms with E-state index in [1.54, 1.807) is 6.92 Å². The molecule has 0 aliphatic carbocycles. The average Bonchev–Trinajstić information content (AvgIpc) is 1.98. The first kappa shape index (κ1) is 8.37. The van der Waals surface area contributed by atoms with Crippen molar-refractivity contribution in [2.45, 2.75) is 45.2 Å². The summed E-state index contributed by atoms with van der Waals surface area (Å²) in [7, 11) is 0. The largest absolute Gasteiger partial charge is 0.297 e. The molecule has 0 fully saturated rings. The summed E-state index contributed by atoms with van der Waals surface area (Å²) in [5.41, 5.74) is 0. The maximum atomic E-state index is 11.1. The van der Waals surface area contributed by atoms with E-state index in [2.05, 4.69) is 17.2 Å². The van der Waals surface area contributed by atoms with Crippen LogP contribution in [0.15, 0.2) is 10.2 Å². The average molecular weight is 154 g/mol. The lowest BCUT2D eigenvalue weighted by Crippen LogP contribution is -2.24. The van der Waals surface area contributed by atoms with Gasteiger partial charge in [-0.2, -0.15) is 10.2 Å². The second-order valence-corrected chi connectivity index (χ2v) is 3.02. The highest BCUT2D eigenvalue weighted by Crippen LogP contribution is 2.15. The van der Waals surface area contributed by atoms with Crippen LogP contribution in [0.2, 0.25) is 0 Å². The van der Waals surface area contributed by atoms with Gasteiger partial charge in [-0.15, -0.1) is 0 Å². The van der Waals surface area contributed by atoms with Crippen LogP contribution >= 0.6 is 0 Å². The Morgan fingerprint density at radius 1 is 1.55 bits per heavy atom. The van der Waals surface area contributed by atoms with Gasteiger partial charge in [0.2, 0.25) is 0 Å². The summed E-state index contributed by atoms with van der Waals surface area (Å²) in [6.45, 7) is 3.89. The maximum absolute atomic E-state index is 11.1. The van der Waals surface area contributed by atoms with Gasteiger partial charge >= 0.3 is 0 Å². The van der Waals surface area contributed by atoms with Gasteiger partial charge in [0.05, 0.1) is 6.04 Å². The summed E-state index contributed by atoms with van der Waals surface area (Å²) in [5.74, 6) is 0.235. The minimum Gasteiger partial charge on any atom is -0.297 e. The van der Waals surface area contributed by atoms with Crippen molar-refractivity contribution < 1.29 is 4.79 Å². The van der Waals surface area contributed by atoms with Crippen molar-refractivity contribution in [2.75, 3.05) is 0 Å². The van der Waals surface area contributed by atoms with Gasteiger partial charge in [-0.1, -0.05) is 13.3 Å². The molecule has 0 radical (unpaired) electrons. The molecule has 0 saturated heterocycles. The molecule has 0 N–H and O–H groups in total. The van der Waals surface area contributed by atoms with Crippen LogP contribution in [0, 0.1) is 0 Å². The van der Waals surface area contributed by atoms with E-state index in [0.29, 0.717) is 6.42 Å². The zero-order valence-corrected chi connectivity index (χ0v) is 7.08. The maximum Gasteiger partial charge on any atom is 0.161 e. The molecule has 0 saturated carbocycles. The Hall–Kier alpha value is -0.730. The molecule has 0 aromatic heterocycles. The lowest BCUT2D eigenvalue weighted by atomic mass is 10.0. The highest BCUT2D eigenvalue weighted by Gasteiger charge is 2.21. The number of hydrogen-bond donors (Lipinski definition) is 0. The van der Waals surface area contributed by atoms with Gasteiger partial charge in [-0.25, -0.2) is 0 Å². The molecule has 3 nitrogen and oxygen atoms in total. The predicted octanol–water partition coefficient (Wildman–Crippen LogP) is 1.97. The van der Waals surface area contributed by atoms with Crippen LogP contribution in [-0.2, 0) is 4.79 Å². The fourth-order valence-electron chi connectivity index (χ4n) is 1.20. The minimum absolute atomic E-state index is 0.170. The first-order chi connectivity index (χ1) is 5.24. The van der Waals surface area contributed by atoms with E-state index in [0.717, 1.165) is 12.8 Å². The number of rotatable bonds is 2. The number of nitrogens with zero attached hydrogens (tertiary/aromatic N) is 2. The first-order valence-electron chi connectivity index (χ1n) is 4.16. The fourth-order valence-corrected chi connectivity index (χ4v) is 1.20. The molecular weight excluding hydrogens is 140 g/mol. The van der Waals surface area contributed by atoms with Crippen LogP contribution in [-0.4, -0.2) is 17.9 Å². The highest BCUT2D eigenvalue weighted by molar-refractivity contribution is 5.84. The van der Waals surface area contributed by atoms with Crippen molar-refractivity contribution in [1.29, 1.82) is 0 Å². The third kappa shape index (κ3) is 2.10. The van der Waals surface area contributed by atoms with E-state index >= 15 is 0 Å². The zero-order valence-electron chi connectivity index (χ0n) is 7.08. The number of ketones is 1. The number of hydrogen-bond acceptors (Lipinski definition) is 3. The Labute approximate surface area is 66.9 Å². The third-order valence-electron chi connectivity index (χ3n) is 1.93. The number of carbonyl (C=O) groups is 1. The van der Waals surface area contributed by atoms with Crippen molar-refractivity contribution in [2.24, 2.45) is 10.2 Å². The SMILES string of the molecule is CCCC1CC(=O)C(C)N=N1. The zero-order chi connectivity index (χ0) is 8.27. The summed E-state index contributed by atoms with van der Waals surface area (Å²) >= 11 is 0. The Balaban J connectivity index is 2.49. The van der Waals surface area contributed by atoms with Crippen LogP contribution in [0.4, 0.5) is 0 Å². The van der Waals surface area contributed by atoms with E-state index in [9.17, 15) is 4.79 Å². The molecular formula is C8H14N2O. The molecule has 0 aromatic rings. The molecule has 1 rings (SSSR count). The fraction of sp³-hybridized carbons (Fsp3) is 0.875. The van der Waals surface area contributed by atoms with Gasteiger partial charge in [0.1, 0.15) is 6.04 Å². The molecule has 0 amide bonds. The lowest BCUT2D eigenvalue weighted by molar-refractivity contribution is -0.121. The minimum atomic E-state index is -0.192. The summed E-state index contributed by atoms with van der Waals surface area (Å²) in [4.78, 5) is 11.1. The number of Topliss-reactive ketones (excluding diaryl/α,β-unsaturated/α-hetero) is 1. The molecule has 1 heterocycles. The smallest absolute Gasteiger partial charge is 0.161 e. The molecule has 1 aliphatic rings. The normalized spacial score (nSPS) is 30.9. The lowest BCUT2D eigenvalue weighted by Gasteiger charge is -2.16. The molecule has 0 bridgehead atoms. The molecule has 2 unspecified atom stereocenters. The van der Waals surface area contributed by atoms with Gasteiger partial charge in [-0.05, 0) is 13.3 Å². The Morgan fingerprint density at radius 3 is 2.82 bits per heavy atom. The Kier molecular flexibility index (Phi) is 2.74. The van der Waals surface area contributed by atoms with Crippen molar-refractivity contribution >= 4 is 5.78 Å². The quantitative estimate of drug-likeness (QED) is 0.599. The topological polar surface area (TPSA) is 41.8 Å². The van der Waals surface area contributed by atoms with E-state index in [1.807, 2.05) is 0 Å². The predicted molar refractivity (Wildman–Crippen MR) is 42.6 cm³/mol. The summed E-state index contributed by atoms with van der Waals surface area (Å²) in [6.07, 6.45) is 2.66. The van der Waals surface area contributed by atoms with E-state index < -0.39 is 0 Å². The standard InChI is InChI=1S/C8H14N2O/c1-3-4-7-5-8(11)6(2)9-10-7/h6-7H,3-5H2,1-2H3. The molecule has 0 spiro atoms. The van der Waals surface area contributed by atoms with Crippen LogP contribution in [0.3, 0.4) is 0 Å². The highest BCUT2D eigenvalue weighted by atomic mass is 16.1. The molecule has 2 atom stereocenters. The monoisotopic (exact) mass is 154 g/mol. The molecule has 62 valence electrons. The van der Waals surface area contributed by atoms with Gasteiger partial charge in [0.15, 0.2) is 5.78 Å². The molecule has 11 heavy (non-hydrogen) atoms. The molecule has 1 aliphatic heterocycles. The molecule has 3 heteroatoms. The van der Waals surface area contributed by atoms with Crippen molar-refractivity contribution in [1.82, 2.24) is 0 Å². The van der Waals surface area contributed by atoms with Crippen molar-refractivity contribution in [3.8, 4) is 0 Å². The van der Waals surface area contributed by atoms with Crippen LogP contribution < -0.4 is 0 Å². The van der Waals surface area contributed by atoms with Crippen LogP contribution in [0.1, 0.15) is 33.1 Å². The molecule has 0 aromatic carbocycles. The van der Waals surface area contributed by atoms with Crippen molar-refractivity contribution in [3.05, 3.63) is 0 Å². The van der Waals surface area contributed by atoms with Gasteiger partial charge in [-0.3, -0.25) is 4.79 Å². The number of carbonyl (C=O) groups excluding carboxylic acids is 1. The third-order valence-corrected chi connectivity index (χ3v) is 1.93. The van der Waals surface area contributed by atoms with Crippen molar-refractivity contribution in [3.63, 3.8) is 0 Å². The first-order valence-corrected chi connectivity index (χ1v) is 4.16. The van der Waals surface area contributed by atoms with Crippen LogP contribution in [0.25, 0.3) is 0 Å². The summed E-state index contributed by atoms with van der Waals surface area (Å²) < 4.78 is 0. The van der Waals surface area contributed by atoms with Crippen LogP contribution in [0.5, 0.6) is 0 Å². The summed E-state index contributed by atoms with van der Waals surface area (Å²) in [5, 5.41) is 7.94.